The average molecular weight is 674 g/mol. The maximum absolute atomic E-state index is 14.0. The molecule has 1 saturated carbocycles. The number of hydrogen-bond donors (Lipinski definition) is 0. The zero-order valence-corrected chi connectivity index (χ0v) is 30.9. The van der Waals surface area contributed by atoms with Gasteiger partial charge in [0.05, 0.1) is 17.8 Å². The van der Waals surface area contributed by atoms with Crippen molar-refractivity contribution in [3.05, 3.63) is 58.9 Å². The van der Waals surface area contributed by atoms with Gasteiger partial charge in [0, 0.05) is 57.7 Å². The van der Waals surface area contributed by atoms with Crippen LogP contribution >= 0.6 is 0 Å². The summed E-state index contributed by atoms with van der Waals surface area (Å²) in [6.07, 6.45) is 12.1. The molecule has 49 heavy (non-hydrogen) atoms. The molecule has 4 aliphatic rings. The summed E-state index contributed by atoms with van der Waals surface area (Å²) in [7, 11) is 0. The Morgan fingerprint density at radius 1 is 0.816 bits per heavy atom. The molecule has 0 spiro atoms. The summed E-state index contributed by atoms with van der Waals surface area (Å²) in [5, 5.41) is 0. The molecule has 0 unspecified atom stereocenters. The number of hydrogen-bond acceptors (Lipinski definition) is 7. The minimum Gasteiger partial charge on any atom is -0.444 e. The van der Waals surface area contributed by atoms with Crippen molar-refractivity contribution in [2.45, 2.75) is 129 Å². The standard InChI is InChI=1S/C40H59N5O4/c1-39(2,3)48-37(46)43-23-21-42(22-24-43)34-18-11-16-31-27-45(38(47)49-40(4,5)6)32(25-33(31)34)28-44(26-29-13-8-7-9-14-29)35-19-10-15-30-17-12-20-41-36(30)35/h11-12,16-18,20,29,32,35H,7-10,13-15,19,21-28H2,1-6H3/t32-,35-/m0/s1. The lowest BCUT2D eigenvalue weighted by Crippen LogP contribution is -2.53. The lowest BCUT2D eigenvalue weighted by molar-refractivity contribution is 0.00300. The van der Waals surface area contributed by atoms with Gasteiger partial charge in [0.15, 0.2) is 0 Å². The second-order valence-corrected chi connectivity index (χ2v) is 16.7. The Kier molecular flexibility index (Phi) is 10.8. The molecule has 9 heteroatoms. The molecule has 0 radical (unpaired) electrons. The predicted molar refractivity (Wildman–Crippen MR) is 194 cm³/mol. The highest BCUT2D eigenvalue weighted by molar-refractivity contribution is 5.71. The second-order valence-electron chi connectivity index (χ2n) is 16.7. The van der Waals surface area contributed by atoms with E-state index in [0.29, 0.717) is 25.6 Å². The van der Waals surface area contributed by atoms with Gasteiger partial charge in [0.2, 0.25) is 0 Å². The van der Waals surface area contributed by atoms with Gasteiger partial charge in [0.1, 0.15) is 11.2 Å². The molecule has 2 atom stereocenters. The van der Waals surface area contributed by atoms with E-state index < -0.39 is 11.2 Å². The Hall–Kier alpha value is -3.33. The van der Waals surface area contributed by atoms with Crippen molar-refractivity contribution in [2.24, 2.45) is 5.92 Å². The molecule has 2 fully saturated rings. The van der Waals surface area contributed by atoms with E-state index in [4.69, 9.17) is 14.5 Å². The maximum Gasteiger partial charge on any atom is 0.410 e. The molecule has 1 saturated heterocycles. The summed E-state index contributed by atoms with van der Waals surface area (Å²) in [4.78, 5) is 40.7. The first kappa shape index (κ1) is 35.5. The van der Waals surface area contributed by atoms with Crippen LogP contribution in [0.25, 0.3) is 0 Å². The quantitative estimate of drug-likeness (QED) is 0.310. The van der Waals surface area contributed by atoms with Gasteiger partial charge in [-0.15, -0.1) is 0 Å². The van der Waals surface area contributed by atoms with E-state index in [1.807, 2.05) is 57.5 Å². The minimum absolute atomic E-state index is 0.0377. The van der Waals surface area contributed by atoms with Gasteiger partial charge in [0.25, 0.3) is 0 Å². The molecular weight excluding hydrogens is 614 g/mol. The summed E-state index contributed by atoms with van der Waals surface area (Å²) in [5.41, 5.74) is 5.23. The highest BCUT2D eigenvalue weighted by Gasteiger charge is 2.39. The van der Waals surface area contributed by atoms with Crippen molar-refractivity contribution in [1.29, 1.82) is 0 Å². The number of ether oxygens (including phenoxy) is 2. The molecule has 6 rings (SSSR count). The van der Waals surface area contributed by atoms with Crippen LogP contribution in [0, 0.1) is 5.92 Å². The number of rotatable bonds is 6. The van der Waals surface area contributed by atoms with Crippen LogP contribution < -0.4 is 4.90 Å². The van der Waals surface area contributed by atoms with Crippen LogP contribution in [0.15, 0.2) is 36.5 Å². The van der Waals surface area contributed by atoms with Gasteiger partial charge < -0.3 is 19.3 Å². The Morgan fingerprint density at radius 3 is 2.22 bits per heavy atom. The fraction of sp³-hybridized carbons (Fsp3) is 0.675. The number of aryl methyl sites for hydroxylation is 1. The second kappa shape index (κ2) is 14.9. The number of amides is 2. The van der Waals surface area contributed by atoms with E-state index in [9.17, 15) is 9.59 Å². The van der Waals surface area contributed by atoms with Crippen LogP contribution in [0.1, 0.15) is 115 Å². The van der Waals surface area contributed by atoms with E-state index in [1.165, 1.54) is 60.2 Å². The number of anilines is 1. The number of nitrogens with zero attached hydrogens (tertiary/aromatic N) is 5. The molecule has 2 aromatic rings. The SMILES string of the molecule is CC(C)(C)OC(=O)N1CCN(c2cccc3c2C[C@@H](CN(CC2CCCCC2)[C@H]2CCCc4cccnc42)N(C(=O)OC(C)(C)C)C3)CC1. The summed E-state index contributed by atoms with van der Waals surface area (Å²) in [6.45, 7) is 16.7. The number of carbonyl (C=O) groups excluding carboxylic acids is 2. The molecule has 2 aliphatic heterocycles. The highest BCUT2D eigenvalue weighted by Crippen LogP contribution is 2.38. The first-order chi connectivity index (χ1) is 23.3. The maximum atomic E-state index is 14.0. The van der Waals surface area contributed by atoms with Gasteiger partial charge >= 0.3 is 12.2 Å². The fourth-order valence-corrected chi connectivity index (χ4v) is 8.35. The Bertz CT molecular complexity index is 1450. The Labute approximate surface area is 294 Å². The smallest absolute Gasteiger partial charge is 0.410 e. The van der Waals surface area contributed by atoms with Crippen LogP contribution in [0.3, 0.4) is 0 Å². The summed E-state index contributed by atoms with van der Waals surface area (Å²) in [5.74, 6) is 0.672. The summed E-state index contributed by atoms with van der Waals surface area (Å²) in [6, 6.07) is 11.1. The van der Waals surface area contributed by atoms with E-state index in [0.717, 1.165) is 51.9 Å². The van der Waals surface area contributed by atoms with Gasteiger partial charge in [-0.1, -0.05) is 37.5 Å². The van der Waals surface area contributed by atoms with Crippen LogP contribution in [-0.4, -0.2) is 88.4 Å². The van der Waals surface area contributed by atoms with Gasteiger partial charge in [-0.2, -0.15) is 0 Å². The van der Waals surface area contributed by atoms with Crippen molar-refractivity contribution in [2.75, 3.05) is 44.2 Å². The number of benzene rings is 1. The van der Waals surface area contributed by atoms with Crippen molar-refractivity contribution >= 4 is 17.9 Å². The highest BCUT2D eigenvalue weighted by atomic mass is 16.6. The predicted octanol–water partition coefficient (Wildman–Crippen LogP) is 7.76. The molecular formula is C40H59N5O4. The topological polar surface area (TPSA) is 78.5 Å². The largest absolute Gasteiger partial charge is 0.444 e. The number of carbonyl (C=O) groups is 2. The third kappa shape index (κ3) is 8.89. The lowest BCUT2D eigenvalue weighted by atomic mass is 9.85. The van der Waals surface area contributed by atoms with Crippen molar-refractivity contribution < 1.29 is 19.1 Å². The van der Waals surface area contributed by atoms with Crippen molar-refractivity contribution in [1.82, 2.24) is 19.7 Å². The number of piperazine rings is 1. The minimum atomic E-state index is -0.578. The van der Waals surface area contributed by atoms with Gasteiger partial charge in [-0.3, -0.25) is 14.8 Å². The Morgan fingerprint density at radius 2 is 1.51 bits per heavy atom. The zero-order chi connectivity index (χ0) is 34.8. The molecule has 2 aliphatic carbocycles. The lowest BCUT2D eigenvalue weighted by Gasteiger charge is -2.45. The van der Waals surface area contributed by atoms with E-state index in [-0.39, 0.29) is 24.3 Å². The van der Waals surface area contributed by atoms with Gasteiger partial charge in [-0.05, 0) is 115 Å². The van der Waals surface area contributed by atoms with Crippen molar-refractivity contribution in [3.8, 4) is 0 Å². The van der Waals surface area contributed by atoms with E-state index in [2.05, 4.69) is 40.1 Å². The van der Waals surface area contributed by atoms with Crippen LogP contribution in [0.4, 0.5) is 15.3 Å². The van der Waals surface area contributed by atoms with Crippen LogP contribution in [0.5, 0.6) is 0 Å². The molecule has 1 aromatic carbocycles. The first-order valence-corrected chi connectivity index (χ1v) is 18.9. The molecule has 0 bridgehead atoms. The van der Waals surface area contributed by atoms with Crippen molar-refractivity contribution in [3.63, 3.8) is 0 Å². The molecule has 1 aromatic heterocycles. The molecule has 2 amide bonds. The zero-order valence-electron chi connectivity index (χ0n) is 30.9. The van der Waals surface area contributed by atoms with E-state index in [1.54, 1.807) is 0 Å². The molecule has 9 nitrogen and oxygen atoms in total. The first-order valence-electron chi connectivity index (χ1n) is 18.9. The average Bonchev–Trinajstić information content (AvgIpc) is 3.06. The molecule has 0 N–H and O–H groups in total. The summed E-state index contributed by atoms with van der Waals surface area (Å²) < 4.78 is 11.7. The molecule has 3 heterocycles. The van der Waals surface area contributed by atoms with Gasteiger partial charge in [-0.25, -0.2) is 9.59 Å². The number of pyridine rings is 1. The van der Waals surface area contributed by atoms with Crippen LogP contribution in [0.2, 0.25) is 0 Å². The molecule has 268 valence electrons. The normalized spacial score (nSPS) is 22.1. The summed E-state index contributed by atoms with van der Waals surface area (Å²) >= 11 is 0. The third-order valence-corrected chi connectivity index (χ3v) is 10.6. The third-order valence-electron chi connectivity index (χ3n) is 10.6. The Balaban J connectivity index is 1.28. The fourth-order valence-electron chi connectivity index (χ4n) is 8.35. The number of fused-ring (bicyclic) bond motifs is 2. The monoisotopic (exact) mass is 673 g/mol. The van der Waals surface area contributed by atoms with E-state index >= 15 is 0 Å². The number of aromatic nitrogens is 1. The van der Waals surface area contributed by atoms with Crippen LogP contribution in [-0.2, 0) is 28.9 Å².